The number of nitrogens with one attached hydrogen (secondary N) is 4. The van der Waals surface area contributed by atoms with Gasteiger partial charge in [0.1, 0.15) is 18.7 Å². The van der Waals surface area contributed by atoms with Gasteiger partial charge in [0.15, 0.2) is 29.2 Å². The smallest absolute Gasteiger partial charge is 0.416 e. The third-order valence-corrected chi connectivity index (χ3v) is 20.6. The minimum absolute atomic E-state index is 0.0158. The second-order valence-electron chi connectivity index (χ2n) is 29.6. The molecule has 632 valence electrons. The molecule has 5 heterocycles. The van der Waals surface area contributed by atoms with E-state index in [0.29, 0.717) is 139 Å². The summed E-state index contributed by atoms with van der Waals surface area (Å²) in [6.07, 6.45) is 14.7. The van der Waals surface area contributed by atoms with E-state index in [9.17, 15) is 48.3 Å². The monoisotopic (exact) mass is 1610 g/mol. The molecule has 0 radical (unpaired) electrons. The molecule has 5 aliphatic heterocycles. The zero-order valence-corrected chi connectivity index (χ0v) is 67.6. The average Bonchev–Trinajstić information content (AvgIpc) is 1.61. The largest absolute Gasteiger partial charge is 0.493 e. The number of ether oxygens (including phenoxy) is 13. The Kier molecular flexibility index (Phi) is 36.8. The molecule has 0 spiro atoms. The highest BCUT2D eigenvalue weighted by atomic mass is 16.6. The molecule has 1 unspecified atom stereocenters. The number of carbonyl (C=O) groups excluding carboxylic acids is 9. The summed E-state index contributed by atoms with van der Waals surface area (Å²) in [5, 5.41) is 23.0. The van der Waals surface area contributed by atoms with Crippen LogP contribution in [0.1, 0.15) is 157 Å². The molecule has 115 heavy (non-hydrogen) atoms. The highest BCUT2D eigenvalue weighted by molar-refractivity contribution is 6.07. The van der Waals surface area contributed by atoms with Crippen molar-refractivity contribution in [2.24, 2.45) is 22.7 Å². The number of aliphatic hydroxyl groups is 1. The maximum atomic E-state index is 14.3. The predicted molar refractivity (Wildman–Crippen MR) is 423 cm³/mol. The predicted octanol–water partition coefficient (Wildman–Crippen LogP) is 8.11. The molecular formula is C83H117N9O23. The maximum Gasteiger partial charge on any atom is 0.416 e. The van der Waals surface area contributed by atoms with E-state index in [1.54, 1.807) is 67.6 Å². The Balaban J connectivity index is 0.568. The second kappa shape index (κ2) is 47.2. The van der Waals surface area contributed by atoms with E-state index in [1.807, 2.05) is 20.0 Å². The summed E-state index contributed by atoms with van der Waals surface area (Å²) in [5.41, 5.74) is 3.73. The van der Waals surface area contributed by atoms with Crippen LogP contribution in [-0.2, 0) is 78.0 Å². The van der Waals surface area contributed by atoms with E-state index >= 15 is 0 Å². The van der Waals surface area contributed by atoms with Crippen LogP contribution in [-0.4, -0.2) is 256 Å². The van der Waals surface area contributed by atoms with Crippen molar-refractivity contribution in [2.45, 2.75) is 168 Å². The molecule has 6 atom stereocenters. The third kappa shape index (κ3) is 27.2. The Bertz CT molecular complexity index is 3810. The molecular weight excluding hydrogens is 1490 g/mol. The van der Waals surface area contributed by atoms with Gasteiger partial charge in [-0.2, -0.15) is 0 Å². The summed E-state index contributed by atoms with van der Waals surface area (Å²) in [6, 6.07) is 9.70. The molecule has 2 fully saturated rings. The molecule has 3 aromatic rings. The van der Waals surface area contributed by atoms with Crippen molar-refractivity contribution in [3.8, 4) is 23.0 Å². The molecule has 0 aromatic heterocycles. The molecule has 0 bridgehead atoms. The topological polar surface area (TPSA) is 367 Å². The second-order valence-corrected chi connectivity index (χ2v) is 29.6. The number of aliphatic imine (C=N–C) groups is 1. The van der Waals surface area contributed by atoms with Crippen LogP contribution in [0.5, 0.6) is 23.0 Å². The zero-order chi connectivity index (χ0) is 82.0. The number of imide groups is 1. The number of aliphatic hydroxyl groups excluding tert-OH is 1. The Labute approximate surface area is 673 Å². The minimum atomic E-state index is -1.55. The molecule has 6 aliphatic rings. The third-order valence-electron chi connectivity index (χ3n) is 20.6. The van der Waals surface area contributed by atoms with Crippen LogP contribution in [0.2, 0.25) is 0 Å². The van der Waals surface area contributed by atoms with Crippen molar-refractivity contribution in [1.29, 1.82) is 0 Å². The molecule has 3 aromatic carbocycles. The fraction of sp³-hybridized carbons (Fsp3) is 0.614. The number of benzene rings is 3. The highest BCUT2D eigenvalue weighted by Gasteiger charge is 2.46. The van der Waals surface area contributed by atoms with Gasteiger partial charge in [-0.1, -0.05) is 82.1 Å². The van der Waals surface area contributed by atoms with Gasteiger partial charge in [-0.15, -0.1) is 0 Å². The van der Waals surface area contributed by atoms with Gasteiger partial charge >= 0.3 is 6.09 Å². The van der Waals surface area contributed by atoms with Crippen LogP contribution in [0.3, 0.4) is 0 Å². The van der Waals surface area contributed by atoms with E-state index in [4.69, 9.17) is 61.6 Å². The van der Waals surface area contributed by atoms with Gasteiger partial charge < -0.3 is 97.8 Å². The van der Waals surface area contributed by atoms with Gasteiger partial charge in [-0.25, -0.2) is 9.69 Å². The van der Waals surface area contributed by atoms with Crippen molar-refractivity contribution >= 4 is 76.6 Å². The van der Waals surface area contributed by atoms with Gasteiger partial charge in [0, 0.05) is 75.2 Å². The molecule has 9 amide bonds. The van der Waals surface area contributed by atoms with Gasteiger partial charge in [0.2, 0.25) is 35.4 Å². The number of hydrogen-bond acceptors (Lipinski definition) is 24. The summed E-state index contributed by atoms with van der Waals surface area (Å²) in [5.74, 6) is -1.85. The Morgan fingerprint density at radius 2 is 1.10 bits per heavy atom. The lowest BCUT2D eigenvalue weighted by molar-refractivity contribution is -0.140. The van der Waals surface area contributed by atoms with E-state index < -0.39 is 54.1 Å². The quantitative estimate of drug-likeness (QED) is 0.0263. The van der Waals surface area contributed by atoms with Gasteiger partial charge in [-0.05, 0) is 88.1 Å². The number of amides is 9. The number of likely N-dealkylation sites (tertiary alicyclic amines) is 1. The zero-order valence-electron chi connectivity index (χ0n) is 67.6. The first-order valence-electron chi connectivity index (χ1n) is 40.3. The summed E-state index contributed by atoms with van der Waals surface area (Å²) >= 11 is 0. The van der Waals surface area contributed by atoms with Crippen LogP contribution in [0.15, 0.2) is 77.1 Å². The summed E-state index contributed by atoms with van der Waals surface area (Å²) in [6.45, 7) is 14.8. The fourth-order valence-corrected chi connectivity index (χ4v) is 14.3. The standard InChI is InChI=1S/C83H117N9O23/c1-55(2)76(88-74(94)23-28-105-30-32-107-34-36-109-38-40-111-42-43-112-41-39-110-37-35-108-33-31-106-29-24-84-73(93)22-25-89-75(95)48-63(79(89)98)60-16-13-11-9-8-10-12-14-17-60)78(97)86-58(5)77(96)87-61-20-18-59(19-21-61)54-115-83(102)92-67-50-72(70(104-7)47-65(67)81(100)91-53-57(4)45-68(91)82(92)101)114-27-15-26-113-71-49-66-64(46-69(71)103-6)80(99)90-52-56(3)44-62(90)51-85-66/h18-21,46-47,49-53,55,58,60,62-63,68,76,82,101H,8-17,22-45,48,54H2,1-7H3,(H,84,93)(H,86,97)(H,87,96)(H,88,94)/t58-,62-,63?,68-,76-,82-/m0/s1. The summed E-state index contributed by atoms with van der Waals surface area (Å²) in [7, 11) is 2.91. The summed E-state index contributed by atoms with van der Waals surface area (Å²) < 4.78 is 73.9. The number of carbonyl (C=O) groups is 9. The molecule has 9 rings (SSSR count). The first-order valence-corrected chi connectivity index (χ1v) is 40.3. The number of fused-ring (bicyclic) bond motifs is 4. The Hall–Kier alpha value is -9.12. The van der Waals surface area contributed by atoms with E-state index in [1.165, 1.54) is 75.2 Å². The lowest BCUT2D eigenvalue weighted by Crippen LogP contribution is -2.53. The number of nitrogens with zero attached hydrogens (tertiary/aromatic N) is 5. The first kappa shape index (κ1) is 89.8. The molecule has 1 saturated carbocycles. The molecule has 1 saturated heterocycles. The lowest BCUT2D eigenvalue weighted by Gasteiger charge is -2.31. The van der Waals surface area contributed by atoms with E-state index in [2.05, 4.69) is 26.3 Å². The minimum Gasteiger partial charge on any atom is -0.493 e. The number of hydrogen-bond donors (Lipinski definition) is 5. The average molecular weight is 1610 g/mol. The van der Waals surface area contributed by atoms with Crippen molar-refractivity contribution < 1.29 is 110 Å². The van der Waals surface area contributed by atoms with Gasteiger partial charge in [0.05, 0.1) is 174 Å². The normalized spacial score (nSPS) is 18.8. The maximum absolute atomic E-state index is 14.3. The van der Waals surface area contributed by atoms with Crippen LogP contribution in [0.4, 0.5) is 21.9 Å². The molecule has 32 nitrogen and oxygen atoms in total. The molecule has 32 heteroatoms. The van der Waals surface area contributed by atoms with Crippen LogP contribution in [0, 0.1) is 17.8 Å². The summed E-state index contributed by atoms with van der Waals surface area (Å²) in [4.78, 5) is 130. The first-order chi connectivity index (χ1) is 55.7. The van der Waals surface area contributed by atoms with Crippen molar-refractivity contribution in [3.05, 3.63) is 88.8 Å². The van der Waals surface area contributed by atoms with Crippen molar-refractivity contribution in [1.82, 2.24) is 30.7 Å². The SMILES string of the molecule is COc1cc2c(cc1OCCCOc1cc3c(cc1OC)C(=O)N1C=C(C)C[C@H]1[C@H](O)N3C(=O)OCc1ccc(NC(=O)[C@H](C)NC(=O)[C@@H](NC(=O)CCOCCOCCOCCOCCOCCOCCOCCOCCNC(=O)CCN3C(=O)CC(C4CCCCCCCCC4)C3=O)C(C)C)cc1)N=C[C@@H]1CC(C)=CN1C2=O. The number of anilines is 2. The van der Waals surface area contributed by atoms with Gasteiger partial charge in [0.25, 0.3) is 11.8 Å². The number of rotatable bonds is 47. The van der Waals surface area contributed by atoms with E-state index in [-0.39, 0.29) is 142 Å². The lowest BCUT2D eigenvalue weighted by atomic mass is 9.82. The van der Waals surface area contributed by atoms with Crippen molar-refractivity contribution in [2.75, 3.05) is 156 Å². The Morgan fingerprint density at radius 3 is 1.68 bits per heavy atom. The van der Waals surface area contributed by atoms with Crippen molar-refractivity contribution in [3.63, 3.8) is 0 Å². The molecule has 1 aliphatic carbocycles. The van der Waals surface area contributed by atoms with Crippen LogP contribution < -0.4 is 45.1 Å². The fourth-order valence-electron chi connectivity index (χ4n) is 14.3. The van der Waals surface area contributed by atoms with Crippen LogP contribution in [0.25, 0.3) is 0 Å². The van der Waals surface area contributed by atoms with E-state index in [0.717, 1.165) is 41.7 Å². The Morgan fingerprint density at radius 1 is 0.565 bits per heavy atom. The molecule has 5 N–H and O–H groups in total. The van der Waals surface area contributed by atoms with Crippen LogP contribution >= 0.6 is 0 Å². The highest BCUT2D eigenvalue weighted by Crippen LogP contribution is 2.43. The van der Waals surface area contributed by atoms with Gasteiger partial charge in [-0.3, -0.25) is 48.2 Å². The number of methoxy groups -OCH3 is 2.